The number of ether oxygens (including phenoxy) is 4. The van der Waals surface area contributed by atoms with E-state index in [1.54, 1.807) is 18.2 Å². The van der Waals surface area contributed by atoms with Gasteiger partial charge in [-0.15, -0.1) is 0 Å². The summed E-state index contributed by atoms with van der Waals surface area (Å²) in [7, 11) is 2.75. The highest BCUT2D eigenvalue weighted by atomic mass is 16.6. The lowest BCUT2D eigenvalue weighted by atomic mass is 10.1. The molecule has 3 aromatic rings. The van der Waals surface area contributed by atoms with E-state index in [1.807, 2.05) is 54.6 Å². The van der Waals surface area contributed by atoms with Gasteiger partial charge in [0.2, 0.25) is 0 Å². The van der Waals surface area contributed by atoms with E-state index in [4.69, 9.17) is 14.2 Å². The Morgan fingerprint density at radius 1 is 0.788 bits per heavy atom. The maximum absolute atomic E-state index is 12.6. The van der Waals surface area contributed by atoms with E-state index in [0.717, 1.165) is 16.7 Å². The van der Waals surface area contributed by atoms with Crippen LogP contribution in [0.1, 0.15) is 27.0 Å². The SMILES string of the molecule is COC(=O)COc1ccc(C(=O)NCc2ccc(COCc3ccccc3)cc2)cc1OC. The highest BCUT2D eigenvalue weighted by Gasteiger charge is 2.12. The minimum atomic E-state index is -0.507. The molecule has 0 saturated carbocycles. The molecule has 0 atom stereocenters. The molecule has 0 aliphatic heterocycles. The normalized spacial score (nSPS) is 10.4. The largest absolute Gasteiger partial charge is 0.493 e. The van der Waals surface area contributed by atoms with Crippen molar-refractivity contribution in [1.29, 1.82) is 0 Å². The Bertz CT molecular complexity index is 1050. The molecule has 1 amide bonds. The number of hydrogen-bond acceptors (Lipinski definition) is 6. The Morgan fingerprint density at radius 3 is 2.12 bits per heavy atom. The van der Waals surface area contributed by atoms with E-state index in [-0.39, 0.29) is 12.5 Å². The quantitative estimate of drug-likeness (QED) is 0.447. The third-order valence-corrected chi connectivity index (χ3v) is 4.86. The van der Waals surface area contributed by atoms with Crippen LogP contribution in [0.2, 0.25) is 0 Å². The topological polar surface area (TPSA) is 83.1 Å². The van der Waals surface area contributed by atoms with Crippen molar-refractivity contribution in [3.8, 4) is 11.5 Å². The van der Waals surface area contributed by atoms with Gasteiger partial charge in [-0.25, -0.2) is 4.79 Å². The van der Waals surface area contributed by atoms with Gasteiger partial charge < -0.3 is 24.3 Å². The minimum absolute atomic E-state index is 0.244. The van der Waals surface area contributed by atoms with Gasteiger partial charge in [-0.2, -0.15) is 0 Å². The summed E-state index contributed by atoms with van der Waals surface area (Å²) < 4.78 is 20.9. The number of nitrogens with one attached hydrogen (secondary N) is 1. The Balaban J connectivity index is 1.49. The Hall–Kier alpha value is -3.84. The second-order valence-electron chi connectivity index (χ2n) is 7.21. The van der Waals surface area contributed by atoms with E-state index >= 15 is 0 Å². The van der Waals surface area contributed by atoms with E-state index in [9.17, 15) is 9.59 Å². The average molecular weight is 450 g/mol. The standard InChI is InChI=1S/C26H27NO6/c1-30-24-14-22(12-13-23(24)33-18-25(28)31-2)26(29)27-15-19-8-10-21(11-9-19)17-32-16-20-6-4-3-5-7-20/h3-14H,15-18H2,1-2H3,(H,27,29). The predicted octanol–water partition coefficient (Wildman–Crippen LogP) is 3.89. The Labute approximate surface area is 193 Å². The molecule has 0 fully saturated rings. The van der Waals surface area contributed by atoms with Gasteiger partial charge in [-0.05, 0) is 34.9 Å². The molecule has 0 bridgehead atoms. The number of hydrogen-bond donors (Lipinski definition) is 1. The first-order valence-electron chi connectivity index (χ1n) is 10.4. The van der Waals surface area contributed by atoms with Gasteiger partial charge in [0.25, 0.3) is 5.91 Å². The monoisotopic (exact) mass is 449 g/mol. The van der Waals surface area contributed by atoms with Gasteiger partial charge >= 0.3 is 5.97 Å². The summed E-state index contributed by atoms with van der Waals surface area (Å²) in [5.41, 5.74) is 3.59. The van der Waals surface area contributed by atoms with E-state index in [1.165, 1.54) is 14.2 Å². The maximum Gasteiger partial charge on any atom is 0.343 e. The van der Waals surface area contributed by atoms with Crippen molar-refractivity contribution in [2.45, 2.75) is 19.8 Å². The van der Waals surface area contributed by atoms with Crippen LogP contribution in [-0.2, 0) is 34.0 Å². The first-order chi connectivity index (χ1) is 16.1. The zero-order chi connectivity index (χ0) is 23.5. The van der Waals surface area contributed by atoms with Crippen LogP contribution in [0, 0.1) is 0 Å². The molecule has 7 nitrogen and oxygen atoms in total. The van der Waals surface area contributed by atoms with Gasteiger partial charge in [0, 0.05) is 12.1 Å². The predicted molar refractivity (Wildman–Crippen MR) is 123 cm³/mol. The first-order valence-corrected chi connectivity index (χ1v) is 10.4. The summed E-state index contributed by atoms with van der Waals surface area (Å²) in [4.78, 5) is 23.8. The lowest BCUT2D eigenvalue weighted by molar-refractivity contribution is -0.142. The summed E-state index contributed by atoms with van der Waals surface area (Å²) in [5.74, 6) is -0.0494. The molecule has 33 heavy (non-hydrogen) atoms. The third kappa shape index (κ3) is 7.36. The van der Waals surface area contributed by atoms with Crippen LogP contribution in [0.3, 0.4) is 0 Å². The fourth-order valence-electron chi connectivity index (χ4n) is 3.02. The Kier molecular flexibility index (Phi) is 8.85. The molecule has 172 valence electrons. The van der Waals surface area contributed by atoms with Crippen LogP contribution in [-0.4, -0.2) is 32.7 Å². The lowest BCUT2D eigenvalue weighted by Crippen LogP contribution is -2.22. The van der Waals surface area contributed by atoms with Crippen molar-refractivity contribution < 1.29 is 28.5 Å². The van der Waals surface area contributed by atoms with Gasteiger partial charge in [0.15, 0.2) is 18.1 Å². The third-order valence-electron chi connectivity index (χ3n) is 4.86. The van der Waals surface area contributed by atoms with Crippen LogP contribution in [0.15, 0.2) is 72.8 Å². The molecular formula is C26H27NO6. The molecular weight excluding hydrogens is 422 g/mol. The number of carbonyl (C=O) groups excluding carboxylic acids is 2. The summed E-state index contributed by atoms with van der Waals surface area (Å²) in [6.45, 7) is 1.22. The van der Waals surface area contributed by atoms with Crippen molar-refractivity contribution in [2.24, 2.45) is 0 Å². The van der Waals surface area contributed by atoms with Crippen molar-refractivity contribution >= 4 is 11.9 Å². The molecule has 0 saturated heterocycles. The van der Waals surface area contributed by atoms with Crippen molar-refractivity contribution in [3.05, 3.63) is 95.1 Å². The van der Waals surface area contributed by atoms with E-state index in [2.05, 4.69) is 10.1 Å². The first kappa shape index (κ1) is 23.8. The number of methoxy groups -OCH3 is 2. The minimum Gasteiger partial charge on any atom is -0.493 e. The highest BCUT2D eigenvalue weighted by molar-refractivity contribution is 5.94. The van der Waals surface area contributed by atoms with Gasteiger partial charge in [-0.3, -0.25) is 4.79 Å². The van der Waals surface area contributed by atoms with Crippen molar-refractivity contribution in [2.75, 3.05) is 20.8 Å². The van der Waals surface area contributed by atoms with E-state index in [0.29, 0.717) is 36.8 Å². The number of benzene rings is 3. The summed E-state index contributed by atoms with van der Waals surface area (Å²) in [6.07, 6.45) is 0. The summed E-state index contributed by atoms with van der Waals surface area (Å²) in [6, 6.07) is 22.7. The molecule has 0 spiro atoms. The lowest BCUT2D eigenvalue weighted by Gasteiger charge is -2.12. The summed E-state index contributed by atoms with van der Waals surface area (Å²) in [5, 5.41) is 2.89. The van der Waals surface area contributed by atoms with Crippen molar-refractivity contribution in [1.82, 2.24) is 5.32 Å². The molecule has 7 heteroatoms. The van der Waals surface area contributed by atoms with Gasteiger partial charge in [0.1, 0.15) is 0 Å². The molecule has 0 aromatic heterocycles. The second-order valence-corrected chi connectivity index (χ2v) is 7.21. The molecule has 0 unspecified atom stereocenters. The van der Waals surface area contributed by atoms with Gasteiger partial charge in [0.05, 0.1) is 27.4 Å². The van der Waals surface area contributed by atoms with Crippen LogP contribution < -0.4 is 14.8 Å². The molecule has 3 aromatic carbocycles. The zero-order valence-corrected chi connectivity index (χ0v) is 18.7. The van der Waals surface area contributed by atoms with Crippen LogP contribution in [0.4, 0.5) is 0 Å². The molecule has 0 heterocycles. The number of rotatable bonds is 11. The molecule has 3 rings (SSSR count). The highest BCUT2D eigenvalue weighted by Crippen LogP contribution is 2.28. The number of amides is 1. The molecule has 0 aliphatic carbocycles. The van der Waals surface area contributed by atoms with E-state index < -0.39 is 5.97 Å². The van der Waals surface area contributed by atoms with Crippen LogP contribution >= 0.6 is 0 Å². The average Bonchev–Trinajstić information content (AvgIpc) is 2.87. The molecule has 0 radical (unpaired) electrons. The molecule has 1 N–H and O–H groups in total. The van der Waals surface area contributed by atoms with Crippen LogP contribution in [0.5, 0.6) is 11.5 Å². The maximum atomic E-state index is 12.6. The van der Waals surface area contributed by atoms with Crippen molar-refractivity contribution in [3.63, 3.8) is 0 Å². The summed E-state index contributed by atoms with van der Waals surface area (Å²) >= 11 is 0. The van der Waals surface area contributed by atoms with Crippen LogP contribution in [0.25, 0.3) is 0 Å². The zero-order valence-electron chi connectivity index (χ0n) is 18.7. The Morgan fingerprint density at radius 2 is 1.45 bits per heavy atom. The molecule has 0 aliphatic rings. The van der Waals surface area contributed by atoms with Gasteiger partial charge in [-0.1, -0.05) is 54.6 Å². The smallest absolute Gasteiger partial charge is 0.343 e. The fourth-order valence-corrected chi connectivity index (χ4v) is 3.02. The number of carbonyl (C=O) groups is 2. The number of esters is 1. The fraction of sp³-hybridized carbons (Fsp3) is 0.231. The second kappa shape index (κ2) is 12.3.